The van der Waals surface area contributed by atoms with Gasteiger partial charge in [0.2, 0.25) is 0 Å². The van der Waals surface area contributed by atoms with Gasteiger partial charge >= 0.3 is 11.9 Å². The molecule has 0 fully saturated rings. The Balaban J connectivity index is 0.000000222. The summed E-state index contributed by atoms with van der Waals surface area (Å²) in [6, 6.07) is 28.7. The van der Waals surface area contributed by atoms with Crippen molar-refractivity contribution >= 4 is 114 Å². The zero-order chi connectivity index (χ0) is 43.5. The maximum absolute atomic E-state index is 13.6. The van der Waals surface area contributed by atoms with E-state index in [0.717, 1.165) is 37.8 Å². The molecule has 6 aromatic rings. The highest BCUT2D eigenvalue weighted by atomic mass is 79.9. The number of hydrogen-bond acceptors (Lipinski definition) is 10. The lowest BCUT2D eigenvalue weighted by Gasteiger charge is -2.26. The normalized spacial score (nSPS) is 11.0. The van der Waals surface area contributed by atoms with Gasteiger partial charge in [0.25, 0.3) is 20.0 Å². The van der Waals surface area contributed by atoms with Crippen LogP contribution in [0.15, 0.2) is 127 Å². The summed E-state index contributed by atoms with van der Waals surface area (Å²) < 4.78 is 67.3. The van der Waals surface area contributed by atoms with Crippen LogP contribution in [0, 0.1) is 27.7 Å². The molecular formula is C42H41Br3N2O8S4. The SMILES string of the molecule is BrCc1ccccc1Br.COC(=O)c1scc(C)c1N(Cc1ccccc1Br)S(=O)(=O)c1ccc(C)cc1.COC(=O)c1scc(C)c1NS(=O)(=O)c1ccc(C)cc1. The summed E-state index contributed by atoms with van der Waals surface area (Å²) >= 11 is 12.6. The second-order valence-corrected chi connectivity index (χ2v) is 20.3. The minimum absolute atomic E-state index is 0.0687. The van der Waals surface area contributed by atoms with Gasteiger partial charge in [-0.15, -0.1) is 22.7 Å². The monoisotopic (exact) mass is 1070 g/mol. The number of nitrogens with zero attached hydrogens (tertiary/aromatic N) is 1. The van der Waals surface area contributed by atoms with Gasteiger partial charge in [-0.1, -0.05) is 120 Å². The molecule has 0 amide bonds. The first-order valence-corrected chi connectivity index (χ1v) is 24.9. The van der Waals surface area contributed by atoms with Crippen LogP contribution in [-0.4, -0.2) is 43.0 Å². The maximum atomic E-state index is 13.6. The fraction of sp³-hybridized carbons (Fsp3) is 0.190. The van der Waals surface area contributed by atoms with E-state index in [9.17, 15) is 26.4 Å². The predicted octanol–water partition coefficient (Wildman–Crippen LogP) is 11.6. The Bertz CT molecular complexity index is 2610. The Labute approximate surface area is 379 Å². The van der Waals surface area contributed by atoms with Gasteiger partial charge in [-0.25, -0.2) is 26.4 Å². The fourth-order valence-electron chi connectivity index (χ4n) is 5.22. The molecule has 4 aromatic carbocycles. The summed E-state index contributed by atoms with van der Waals surface area (Å²) in [4.78, 5) is 24.8. The molecule has 0 spiro atoms. The number of halogens is 3. The molecule has 0 aliphatic carbocycles. The predicted molar refractivity (Wildman–Crippen MR) is 248 cm³/mol. The topological polar surface area (TPSA) is 136 Å². The van der Waals surface area contributed by atoms with Crippen molar-refractivity contribution in [3.63, 3.8) is 0 Å². The van der Waals surface area contributed by atoms with Crippen LogP contribution in [0.3, 0.4) is 0 Å². The summed E-state index contributed by atoms with van der Waals surface area (Å²) in [7, 11) is -5.12. The van der Waals surface area contributed by atoms with E-state index in [1.54, 1.807) is 61.0 Å². The van der Waals surface area contributed by atoms with E-state index in [2.05, 4.69) is 63.3 Å². The third-order valence-electron chi connectivity index (χ3n) is 8.46. The molecule has 17 heteroatoms. The van der Waals surface area contributed by atoms with Gasteiger partial charge in [-0.05, 0) is 97.1 Å². The highest BCUT2D eigenvalue weighted by Gasteiger charge is 2.32. The Morgan fingerprint density at radius 1 is 0.644 bits per heavy atom. The van der Waals surface area contributed by atoms with Crippen molar-refractivity contribution in [1.29, 1.82) is 0 Å². The van der Waals surface area contributed by atoms with Gasteiger partial charge in [-0.2, -0.15) is 0 Å². The number of sulfonamides is 2. The van der Waals surface area contributed by atoms with E-state index in [1.165, 1.54) is 52.0 Å². The van der Waals surface area contributed by atoms with Crippen molar-refractivity contribution in [3.8, 4) is 0 Å². The average Bonchev–Trinajstić information content (AvgIpc) is 3.78. The maximum Gasteiger partial charge on any atom is 0.350 e. The molecule has 2 aromatic heterocycles. The van der Waals surface area contributed by atoms with Crippen LogP contribution in [0.2, 0.25) is 0 Å². The first kappa shape index (κ1) is 47.8. The number of aryl methyl sites for hydroxylation is 4. The summed E-state index contributed by atoms with van der Waals surface area (Å²) in [5, 5.41) is 4.38. The van der Waals surface area contributed by atoms with Crippen LogP contribution in [0.1, 0.15) is 52.7 Å². The number of nitrogens with one attached hydrogen (secondary N) is 1. The number of thiophene rings is 2. The molecule has 0 saturated carbocycles. The Hall–Kier alpha value is -3.84. The molecule has 59 heavy (non-hydrogen) atoms. The van der Waals surface area contributed by atoms with E-state index in [0.29, 0.717) is 16.8 Å². The van der Waals surface area contributed by atoms with E-state index in [-0.39, 0.29) is 31.8 Å². The number of anilines is 2. The number of rotatable bonds is 11. The largest absolute Gasteiger partial charge is 0.465 e. The number of methoxy groups -OCH3 is 2. The molecule has 2 heterocycles. The minimum atomic E-state index is -3.93. The minimum Gasteiger partial charge on any atom is -0.465 e. The number of carbonyl (C=O) groups is 2. The number of alkyl halides is 1. The van der Waals surface area contributed by atoms with Crippen LogP contribution in [0.4, 0.5) is 11.4 Å². The lowest BCUT2D eigenvalue weighted by molar-refractivity contribution is 0.0598. The summed E-state index contributed by atoms with van der Waals surface area (Å²) in [6.07, 6.45) is 0. The smallest absolute Gasteiger partial charge is 0.350 e. The van der Waals surface area contributed by atoms with Crippen molar-refractivity contribution in [2.45, 2.75) is 49.4 Å². The highest BCUT2D eigenvalue weighted by molar-refractivity contribution is 9.11. The number of ether oxygens (including phenoxy) is 2. The summed E-state index contributed by atoms with van der Waals surface area (Å²) in [5.74, 6) is -1.12. The number of carbonyl (C=O) groups excluding carboxylic acids is 2. The molecule has 10 nitrogen and oxygen atoms in total. The van der Waals surface area contributed by atoms with E-state index in [4.69, 9.17) is 4.74 Å². The molecule has 0 radical (unpaired) electrons. The second-order valence-electron chi connectivity index (χ2n) is 12.8. The second kappa shape index (κ2) is 21.6. The first-order chi connectivity index (χ1) is 27.9. The molecule has 0 aliphatic rings. The molecule has 0 saturated heterocycles. The van der Waals surface area contributed by atoms with Gasteiger partial charge in [-0.3, -0.25) is 9.03 Å². The third kappa shape index (κ3) is 12.4. The molecule has 0 unspecified atom stereocenters. The Kier molecular flexibility index (Phi) is 17.5. The standard InChI is InChI=1S/C21H20BrNO4S2.C14H15NO4S2.C7H6Br2/c1-14-8-10-17(11-9-14)29(25,26)23(12-16-6-4-5-7-18(16)22)19-15(2)13-28-20(19)21(24)27-3;1-9-4-6-11(7-5-9)21(17,18)15-12-10(2)8-20-13(12)14(16)19-3;8-5-6-3-1-2-4-7(6)9/h4-11,13H,12H2,1-3H3;4-8,15H,1-3H3;1-4H,5H2. The van der Waals surface area contributed by atoms with Crippen LogP contribution in [0.25, 0.3) is 0 Å². The molecule has 1 N–H and O–H groups in total. The molecular weight excluding hydrogens is 1030 g/mol. The molecule has 6 rings (SSSR count). The number of benzene rings is 4. The highest BCUT2D eigenvalue weighted by Crippen LogP contribution is 2.37. The molecule has 0 bridgehead atoms. The van der Waals surface area contributed by atoms with Crippen molar-refractivity contribution in [1.82, 2.24) is 0 Å². The average molecular weight is 1070 g/mol. The van der Waals surface area contributed by atoms with E-state index < -0.39 is 32.0 Å². The third-order valence-corrected chi connectivity index (χ3v) is 15.9. The van der Waals surface area contributed by atoms with Gasteiger partial charge in [0.1, 0.15) is 9.75 Å². The Morgan fingerprint density at radius 3 is 1.59 bits per heavy atom. The zero-order valence-electron chi connectivity index (χ0n) is 32.8. The zero-order valence-corrected chi connectivity index (χ0v) is 40.8. The van der Waals surface area contributed by atoms with Crippen molar-refractivity contribution in [2.24, 2.45) is 0 Å². The first-order valence-electron chi connectivity index (χ1n) is 17.5. The van der Waals surface area contributed by atoms with Crippen molar-refractivity contribution in [2.75, 3.05) is 23.2 Å². The Morgan fingerprint density at radius 2 is 1.10 bits per heavy atom. The van der Waals surface area contributed by atoms with Crippen molar-refractivity contribution < 1.29 is 35.9 Å². The van der Waals surface area contributed by atoms with Crippen molar-refractivity contribution in [3.05, 3.63) is 160 Å². The van der Waals surface area contributed by atoms with Gasteiger partial charge in [0.05, 0.1) is 41.9 Å². The molecule has 312 valence electrons. The van der Waals surface area contributed by atoms with E-state index in [1.807, 2.05) is 56.3 Å². The number of esters is 2. The van der Waals surface area contributed by atoms with Gasteiger partial charge in [0.15, 0.2) is 0 Å². The quantitative estimate of drug-likeness (QED) is 0.100. The summed E-state index contributed by atoms with van der Waals surface area (Å²) in [5.41, 5.74) is 5.99. The number of hydrogen-bond donors (Lipinski definition) is 1. The van der Waals surface area contributed by atoms with Crippen LogP contribution < -0.4 is 9.03 Å². The fourth-order valence-corrected chi connectivity index (χ4v) is 11.6. The lowest BCUT2D eigenvalue weighted by atomic mass is 10.2. The summed E-state index contributed by atoms with van der Waals surface area (Å²) in [6.45, 7) is 7.36. The lowest BCUT2D eigenvalue weighted by Crippen LogP contribution is -2.32. The molecule has 0 atom stereocenters. The van der Waals surface area contributed by atoms with E-state index >= 15 is 0 Å². The van der Waals surface area contributed by atoms with Gasteiger partial charge in [0, 0.05) is 14.3 Å². The molecule has 0 aliphatic heterocycles. The van der Waals surface area contributed by atoms with Crippen LogP contribution in [0.5, 0.6) is 0 Å². The van der Waals surface area contributed by atoms with Crippen LogP contribution >= 0.6 is 70.5 Å². The van der Waals surface area contributed by atoms with Crippen LogP contribution in [-0.2, 0) is 41.4 Å². The van der Waals surface area contributed by atoms with Gasteiger partial charge < -0.3 is 9.47 Å².